The molecule has 2 N–H and O–H groups in total. The molecule has 0 aliphatic carbocycles. The largest absolute Gasteiger partial charge is 0.355 e. The average molecular weight is 283 g/mol. The van der Waals surface area contributed by atoms with Gasteiger partial charge in [0.25, 0.3) is 0 Å². The first-order valence-electron chi connectivity index (χ1n) is 6.80. The second-order valence-electron chi connectivity index (χ2n) is 5.10. The summed E-state index contributed by atoms with van der Waals surface area (Å²) >= 11 is 0. The predicted octanol–water partition coefficient (Wildman–Crippen LogP) is 2.33. The number of rotatable bonds is 4. The minimum Gasteiger partial charge on any atom is -0.355 e. The average Bonchev–Trinajstić information content (AvgIpc) is 2.46. The molecule has 19 heavy (non-hydrogen) atoms. The Kier molecular flexibility index (Phi) is 6.89. The number of amides is 1. The summed E-state index contributed by atoms with van der Waals surface area (Å²) in [6.07, 6.45) is 2.12. The quantitative estimate of drug-likeness (QED) is 0.890. The molecule has 106 valence electrons. The van der Waals surface area contributed by atoms with Crippen LogP contribution in [-0.4, -0.2) is 25.5 Å². The van der Waals surface area contributed by atoms with Crippen LogP contribution in [0.2, 0.25) is 0 Å². The molecule has 1 aromatic carbocycles. The van der Waals surface area contributed by atoms with Gasteiger partial charge >= 0.3 is 0 Å². The molecule has 2 atom stereocenters. The molecule has 2 rings (SSSR count). The normalized spacial score (nSPS) is 20.2. The van der Waals surface area contributed by atoms with Crippen molar-refractivity contribution in [2.45, 2.75) is 25.7 Å². The summed E-state index contributed by atoms with van der Waals surface area (Å²) in [4.78, 5) is 12.0. The smallest absolute Gasteiger partial charge is 0.224 e. The van der Waals surface area contributed by atoms with Crippen LogP contribution >= 0.6 is 12.4 Å². The number of carbonyl (C=O) groups excluding carboxylic acids is 1. The molecule has 2 unspecified atom stereocenters. The van der Waals surface area contributed by atoms with Crippen LogP contribution in [0.5, 0.6) is 0 Å². The van der Waals surface area contributed by atoms with Crippen molar-refractivity contribution in [3.05, 3.63) is 35.9 Å². The van der Waals surface area contributed by atoms with Gasteiger partial charge in [-0.05, 0) is 30.9 Å². The molecule has 1 amide bonds. The molecule has 3 nitrogen and oxygen atoms in total. The molecule has 4 heteroatoms. The van der Waals surface area contributed by atoms with E-state index in [1.165, 1.54) is 5.56 Å². The third-order valence-electron chi connectivity index (χ3n) is 3.62. The van der Waals surface area contributed by atoms with Crippen molar-refractivity contribution in [1.29, 1.82) is 0 Å². The Hall–Kier alpha value is -1.06. The van der Waals surface area contributed by atoms with E-state index in [2.05, 4.69) is 29.7 Å². The van der Waals surface area contributed by atoms with Crippen LogP contribution in [0.15, 0.2) is 30.3 Å². The van der Waals surface area contributed by atoms with Gasteiger partial charge in [0.15, 0.2) is 0 Å². The number of benzene rings is 1. The lowest BCUT2D eigenvalue weighted by Crippen LogP contribution is -2.41. The zero-order valence-electron chi connectivity index (χ0n) is 11.4. The van der Waals surface area contributed by atoms with Crippen molar-refractivity contribution >= 4 is 18.3 Å². The minimum atomic E-state index is 0. The van der Waals surface area contributed by atoms with Gasteiger partial charge in [0, 0.05) is 13.1 Å². The first-order chi connectivity index (χ1) is 8.77. The van der Waals surface area contributed by atoms with Crippen LogP contribution in [0.4, 0.5) is 0 Å². The minimum absolute atomic E-state index is 0. The fourth-order valence-electron chi connectivity index (χ4n) is 2.37. The van der Waals surface area contributed by atoms with Gasteiger partial charge in [0.1, 0.15) is 0 Å². The highest BCUT2D eigenvalue weighted by Crippen LogP contribution is 2.14. The Morgan fingerprint density at radius 1 is 1.42 bits per heavy atom. The lowest BCUT2D eigenvalue weighted by Gasteiger charge is -2.23. The molecule has 1 saturated heterocycles. The third kappa shape index (κ3) is 4.84. The van der Waals surface area contributed by atoms with Gasteiger partial charge in [-0.15, -0.1) is 12.4 Å². The summed E-state index contributed by atoms with van der Waals surface area (Å²) in [5.41, 5.74) is 1.28. The van der Waals surface area contributed by atoms with E-state index in [1.807, 2.05) is 18.2 Å². The highest BCUT2D eigenvalue weighted by Gasteiger charge is 2.20. The molecule has 0 bridgehead atoms. The molecule has 0 spiro atoms. The van der Waals surface area contributed by atoms with E-state index in [1.54, 1.807) is 0 Å². The Morgan fingerprint density at radius 2 is 2.16 bits per heavy atom. The number of carbonyl (C=O) groups is 1. The number of hydrogen-bond acceptors (Lipinski definition) is 2. The van der Waals surface area contributed by atoms with Crippen LogP contribution < -0.4 is 10.6 Å². The molecule has 1 aromatic rings. The second-order valence-corrected chi connectivity index (χ2v) is 5.10. The van der Waals surface area contributed by atoms with E-state index in [0.29, 0.717) is 5.92 Å². The van der Waals surface area contributed by atoms with Crippen molar-refractivity contribution in [2.24, 2.45) is 5.92 Å². The van der Waals surface area contributed by atoms with E-state index < -0.39 is 0 Å². The van der Waals surface area contributed by atoms with Gasteiger partial charge in [-0.25, -0.2) is 0 Å². The maximum Gasteiger partial charge on any atom is 0.224 e. The monoisotopic (exact) mass is 282 g/mol. The molecule has 0 radical (unpaired) electrons. The van der Waals surface area contributed by atoms with Crippen molar-refractivity contribution in [2.75, 3.05) is 19.6 Å². The van der Waals surface area contributed by atoms with Crippen molar-refractivity contribution in [1.82, 2.24) is 10.6 Å². The van der Waals surface area contributed by atoms with Gasteiger partial charge < -0.3 is 10.6 Å². The van der Waals surface area contributed by atoms with Gasteiger partial charge in [-0.2, -0.15) is 0 Å². The van der Waals surface area contributed by atoms with Crippen molar-refractivity contribution in [3.63, 3.8) is 0 Å². The fraction of sp³-hybridized carbons (Fsp3) is 0.533. The summed E-state index contributed by atoms with van der Waals surface area (Å²) in [5.74, 6) is 0.721. The van der Waals surface area contributed by atoms with E-state index in [0.717, 1.165) is 32.5 Å². The van der Waals surface area contributed by atoms with E-state index in [9.17, 15) is 4.79 Å². The number of piperidine rings is 1. The number of halogens is 1. The predicted molar refractivity (Wildman–Crippen MR) is 80.7 cm³/mol. The molecule has 1 aliphatic heterocycles. The highest BCUT2D eigenvalue weighted by atomic mass is 35.5. The topological polar surface area (TPSA) is 41.1 Å². The lowest BCUT2D eigenvalue weighted by molar-refractivity contribution is -0.125. The van der Waals surface area contributed by atoms with Gasteiger partial charge in [0.05, 0.1) is 5.92 Å². The first kappa shape index (κ1) is 16.0. The van der Waals surface area contributed by atoms with Gasteiger partial charge in [-0.1, -0.05) is 37.3 Å². The molecule has 1 aliphatic rings. The van der Waals surface area contributed by atoms with Crippen LogP contribution in [0, 0.1) is 5.92 Å². The van der Waals surface area contributed by atoms with Crippen LogP contribution in [0.1, 0.15) is 31.2 Å². The molecule has 1 fully saturated rings. The SMILES string of the molecule is CC(CNC(=O)C1CCCNC1)c1ccccc1.Cl. The standard InChI is InChI=1S/C15H22N2O.ClH/c1-12(13-6-3-2-4-7-13)10-17-15(18)14-8-5-9-16-11-14;/h2-4,6-7,12,14,16H,5,8-11H2,1H3,(H,17,18);1H. The Labute approximate surface area is 121 Å². The van der Waals surface area contributed by atoms with Gasteiger partial charge in [-0.3, -0.25) is 4.79 Å². The Balaban J connectivity index is 0.00000180. The van der Waals surface area contributed by atoms with Crippen LogP contribution in [0.25, 0.3) is 0 Å². The van der Waals surface area contributed by atoms with E-state index >= 15 is 0 Å². The Bertz CT molecular complexity index is 377. The molecule has 0 aromatic heterocycles. The fourth-order valence-corrected chi connectivity index (χ4v) is 2.37. The van der Waals surface area contributed by atoms with Crippen molar-refractivity contribution < 1.29 is 4.79 Å². The van der Waals surface area contributed by atoms with E-state index in [4.69, 9.17) is 0 Å². The van der Waals surface area contributed by atoms with Crippen LogP contribution in [-0.2, 0) is 4.79 Å². The molecule has 0 saturated carbocycles. The first-order valence-corrected chi connectivity index (χ1v) is 6.80. The summed E-state index contributed by atoms with van der Waals surface area (Å²) in [6, 6.07) is 10.3. The van der Waals surface area contributed by atoms with Gasteiger partial charge in [0.2, 0.25) is 5.91 Å². The molecular weight excluding hydrogens is 260 g/mol. The van der Waals surface area contributed by atoms with E-state index in [-0.39, 0.29) is 24.2 Å². The molecular formula is C15H23ClN2O. The maximum absolute atomic E-state index is 12.0. The summed E-state index contributed by atoms with van der Waals surface area (Å²) in [6.45, 7) is 4.74. The number of hydrogen-bond donors (Lipinski definition) is 2. The zero-order valence-corrected chi connectivity index (χ0v) is 12.2. The highest BCUT2D eigenvalue weighted by molar-refractivity contribution is 5.85. The number of nitrogens with one attached hydrogen (secondary N) is 2. The maximum atomic E-state index is 12.0. The zero-order chi connectivity index (χ0) is 12.8. The summed E-state index contributed by atoms with van der Waals surface area (Å²) in [7, 11) is 0. The molecule has 1 heterocycles. The Morgan fingerprint density at radius 3 is 2.79 bits per heavy atom. The summed E-state index contributed by atoms with van der Waals surface area (Å²) in [5, 5.41) is 6.35. The lowest BCUT2D eigenvalue weighted by atomic mass is 9.97. The second kappa shape index (κ2) is 8.18. The van der Waals surface area contributed by atoms with Crippen molar-refractivity contribution in [3.8, 4) is 0 Å². The third-order valence-corrected chi connectivity index (χ3v) is 3.62. The summed E-state index contributed by atoms with van der Waals surface area (Å²) < 4.78 is 0. The van der Waals surface area contributed by atoms with Crippen LogP contribution in [0.3, 0.4) is 0 Å².